The molecule has 30 heavy (non-hydrogen) atoms. The zero-order valence-corrected chi connectivity index (χ0v) is 18.4. The van der Waals surface area contributed by atoms with Crippen molar-refractivity contribution in [3.05, 3.63) is 69.7 Å². The van der Waals surface area contributed by atoms with Gasteiger partial charge < -0.3 is 4.74 Å². The Balaban J connectivity index is 1.59. The highest BCUT2D eigenvalue weighted by molar-refractivity contribution is 7.71. The van der Waals surface area contributed by atoms with E-state index in [1.165, 1.54) is 12.1 Å². The first kappa shape index (κ1) is 21.2. The van der Waals surface area contributed by atoms with Crippen LogP contribution in [0.3, 0.4) is 0 Å². The summed E-state index contributed by atoms with van der Waals surface area (Å²) in [5.74, 6) is 0.575. The summed E-state index contributed by atoms with van der Waals surface area (Å²) in [5, 5.41) is 5.50. The normalized spacial score (nSPS) is 16.5. The van der Waals surface area contributed by atoms with E-state index in [4.69, 9.17) is 33.7 Å². The lowest BCUT2D eigenvalue weighted by Gasteiger charge is -2.16. The number of halogens is 2. The Labute approximate surface area is 185 Å². The van der Waals surface area contributed by atoms with Gasteiger partial charge in [-0.2, -0.15) is 5.10 Å². The largest absolute Gasteiger partial charge is 0.376 e. The van der Waals surface area contributed by atoms with Crippen LogP contribution in [0, 0.1) is 10.6 Å². The Hall–Kier alpha value is -2.06. The van der Waals surface area contributed by atoms with E-state index >= 15 is 0 Å². The van der Waals surface area contributed by atoms with Crippen LogP contribution >= 0.6 is 23.8 Å². The van der Waals surface area contributed by atoms with Crippen LogP contribution in [-0.2, 0) is 24.5 Å². The van der Waals surface area contributed by atoms with E-state index in [2.05, 4.69) is 9.47 Å². The molecular formula is C22H24ClFN4OS. The standard InChI is InChI=1S/C22H24ClFN4OS/c1-26(13-16-4-10-19(24)11-5-16)15-28-22(30)27(14-20-3-2-12-29-20)21(25-28)17-6-8-18(23)9-7-17/h4-11,20H,2-3,12-15H2,1H3/t20-/m1/s1. The zero-order valence-electron chi connectivity index (χ0n) is 16.8. The van der Waals surface area contributed by atoms with E-state index in [9.17, 15) is 4.39 Å². The molecule has 1 atom stereocenters. The molecule has 1 saturated heterocycles. The van der Waals surface area contributed by atoms with Gasteiger partial charge in [-0.1, -0.05) is 23.7 Å². The molecule has 0 aliphatic carbocycles. The monoisotopic (exact) mass is 446 g/mol. The summed E-state index contributed by atoms with van der Waals surface area (Å²) >= 11 is 11.8. The maximum atomic E-state index is 13.2. The minimum Gasteiger partial charge on any atom is -0.376 e. The first-order chi connectivity index (χ1) is 14.5. The van der Waals surface area contributed by atoms with Gasteiger partial charge in [0.25, 0.3) is 0 Å². The molecule has 2 aromatic carbocycles. The van der Waals surface area contributed by atoms with Crippen LogP contribution < -0.4 is 0 Å². The van der Waals surface area contributed by atoms with Gasteiger partial charge in [0.1, 0.15) is 5.82 Å². The van der Waals surface area contributed by atoms with Gasteiger partial charge in [-0.3, -0.25) is 9.47 Å². The van der Waals surface area contributed by atoms with Crippen molar-refractivity contribution >= 4 is 23.8 Å². The molecule has 5 nitrogen and oxygen atoms in total. The van der Waals surface area contributed by atoms with Crippen molar-refractivity contribution < 1.29 is 9.13 Å². The predicted molar refractivity (Wildman–Crippen MR) is 118 cm³/mol. The number of rotatable bonds is 7. The molecule has 3 aromatic rings. The van der Waals surface area contributed by atoms with Crippen molar-refractivity contribution in [3.8, 4) is 11.4 Å². The van der Waals surface area contributed by atoms with E-state index in [1.807, 2.05) is 36.0 Å². The molecule has 1 aromatic heterocycles. The summed E-state index contributed by atoms with van der Waals surface area (Å²) < 4.78 is 23.5. The van der Waals surface area contributed by atoms with Crippen LogP contribution in [0.2, 0.25) is 5.02 Å². The Morgan fingerprint density at radius 1 is 1.20 bits per heavy atom. The second-order valence-corrected chi connectivity index (χ2v) is 8.44. The molecule has 0 N–H and O–H groups in total. The lowest BCUT2D eigenvalue weighted by Crippen LogP contribution is -2.23. The Kier molecular flexibility index (Phi) is 6.63. The van der Waals surface area contributed by atoms with Crippen molar-refractivity contribution in [1.29, 1.82) is 0 Å². The summed E-state index contributed by atoms with van der Waals surface area (Å²) in [6.07, 6.45) is 2.25. The van der Waals surface area contributed by atoms with E-state index in [0.717, 1.165) is 36.4 Å². The molecule has 158 valence electrons. The molecule has 1 aliphatic rings. The minimum atomic E-state index is -0.232. The summed E-state index contributed by atoms with van der Waals surface area (Å²) in [4.78, 5) is 2.10. The molecule has 8 heteroatoms. The van der Waals surface area contributed by atoms with Crippen molar-refractivity contribution in [3.63, 3.8) is 0 Å². The molecule has 2 heterocycles. The van der Waals surface area contributed by atoms with Gasteiger partial charge in [0.2, 0.25) is 0 Å². The van der Waals surface area contributed by atoms with Crippen LogP contribution in [0.5, 0.6) is 0 Å². The lowest BCUT2D eigenvalue weighted by molar-refractivity contribution is 0.0967. The van der Waals surface area contributed by atoms with Crippen LogP contribution in [0.25, 0.3) is 11.4 Å². The third kappa shape index (κ3) is 4.98. The van der Waals surface area contributed by atoms with Gasteiger partial charge >= 0.3 is 0 Å². The van der Waals surface area contributed by atoms with E-state index < -0.39 is 0 Å². The maximum Gasteiger partial charge on any atom is 0.199 e. The summed E-state index contributed by atoms with van der Waals surface area (Å²) in [6.45, 7) is 2.66. The Morgan fingerprint density at radius 3 is 2.60 bits per heavy atom. The molecule has 1 aliphatic heterocycles. The molecule has 0 radical (unpaired) electrons. The van der Waals surface area contributed by atoms with Crippen LogP contribution in [0.4, 0.5) is 4.39 Å². The summed E-state index contributed by atoms with van der Waals surface area (Å²) in [7, 11) is 1.99. The quantitative estimate of drug-likeness (QED) is 0.470. The van der Waals surface area contributed by atoms with E-state index in [0.29, 0.717) is 29.6 Å². The van der Waals surface area contributed by atoms with Gasteiger partial charge in [-0.25, -0.2) is 9.07 Å². The highest BCUT2D eigenvalue weighted by Crippen LogP contribution is 2.23. The van der Waals surface area contributed by atoms with E-state index in [1.54, 1.807) is 12.1 Å². The molecule has 0 saturated carbocycles. The molecule has 4 rings (SSSR count). The fraction of sp³-hybridized carbons (Fsp3) is 0.364. The molecule has 0 amide bonds. The lowest BCUT2D eigenvalue weighted by atomic mass is 10.2. The highest BCUT2D eigenvalue weighted by atomic mass is 35.5. The van der Waals surface area contributed by atoms with Crippen LogP contribution in [-0.4, -0.2) is 39.0 Å². The van der Waals surface area contributed by atoms with Crippen molar-refractivity contribution in [2.24, 2.45) is 0 Å². The maximum absolute atomic E-state index is 13.2. The highest BCUT2D eigenvalue weighted by Gasteiger charge is 2.21. The average Bonchev–Trinajstić information content (AvgIpc) is 3.34. The molecule has 0 unspecified atom stereocenters. The number of nitrogens with zero attached hydrogens (tertiary/aromatic N) is 4. The summed E-state index contributed by atoms with van der Waals surface area (Å²) in [5.41, 5.74) is 1.99. The molecular weight excluding hydrogens is 423 g/mol. The zero-order chi connectivity index (χ0) is 21.1. The third-order valence-electron chi connectivity index (χ3n) is 5.18. The smallest absolute Gasteiger partial charge is 0.199 e. The first-order valence-electron chi connectivity index (χ1n) is 9.98. The Bertz CT molecular complexity index is 1040. The number of hydrogen-bond donors (Lipinski definition) is 0. The fourth-order valence-electron chi connectivity index (χ4n) is 3.68. The SMILES string of the molecule is CN(Cc1ccc(F)cc1)Cn1nc(-c2ccc(Cl)cc2)n(C[C@H]2CCCO2)c1=S. The number of hydrogen-bond acceptors (Lipinski definition) is 4. The number of ether oxygens (including phenoxy) is 1. The first-order valence-corrected chi connectivity index (χ1v) is 10.8. The second kappa shape index (κ2) is 9.39. The topological polar surface area (TPSA) is 35.2 Å². The van der Waals surface area contributed by atoms with Crippen LogP contribution in [0.1, 0.15) is 18.4 Å². The van der Waals surface area contributed by atoms with Crippen LogP contribution in [0.15, 0.2) is 48.5 Å². The van der Waals surface area contributed by atoms with Gasteiger partial charge in [0, 0.05) is 23.7 Å². The van der Waals surface area contributed by atoms with Crippen molar-refractivity contribution in [2.75, 3.05) is 13.7 Å². The number of benzene rings is 2. The minimum absolute atomic E-state index is 0.150. The van der Waals surface area contributed by atoms with Gasteiger partial charge in [0.05, 0.1) is 19.3 Å². The second-order valence-electron chi connectivity index (χ2n) is 7.64. The van der Waals surface area contributed by atoms with Gasteiger partial charge in [0.15, 0.2) is 10.6 Å². The van der Waals surface area contributed by atoms with Crippen molar-refractivity contribution in [1.82, 2.24) is 19.2 Å². The van der Waals surface area contributed by atoms with Gasteiger partial charge in [-0.05, 0) is 74.1 Å². The number of aromatic nitrogens is 3. The third-order valence-corrected chi connectivity index (χ3v) is 5.86. The molecule has 1 fully saturated rings. The van der Waals surface area contributed by atoms with E-state index in [-0.39, 0.29) is 11.9 Å². The average molecular weight is 447 g/mol. The van der Waals surface area contributed by atoms with Gasteiger partial charge in [-0.15, -0.1) is 0 Å². The van der Waals surface area contributed by atoms with Crippen molar-refractivity contribution in [2.45, 2.75) is 38.7 Å². The predicted octanol–water partition coefficient (Wildman–Crippen LogP) is 5.14. The fourth-order valence-corrected chi connectivity index (χ4v) is 4.07. The molecule has 0 spiro atoms. The Morgan fingerprint density at radius 2 is 1.93 bits per heavy atom. The molecule has 0 bridgehead atoms. The summed E-state index contributed by atoms with van der Waals surface area (Å²) in [6, 6.07) is 14.2.